The second-order valence-corrected chi connectivity index (χ2v) is 8.65. The molecule has 0 radical (unpaired) electrons. The van der Waals surface area contributed by atoms with Crippen molar-refractivity contribution >= 4 is 11.6 Å². The van der Waals surface area contributed by atoms with Gasteiger partial charge < -0.3 is 15.0 Å². The molecular formula is C25H31N9O. The van der Waals surface area contributed by atoms with Crippen molar-refractivity contribution in [2.45, 2.75) is 32.4 Å². The first-order valence-corrected chi connectivity index (χ1v) is 12.1. The topological polar surface area (TPSA) is 98.8 Å². The minimum absolute atomic E-state index is 0.401. The average Bonchev–Trinajstić information content (AvgIpc) is 3.56. The fourth-order valence-electron chi connectivity index (χ4n) is 4.42. The smallest absolute Gasteiger partial charge is 0.227 e. The van der Waals surface area contributed by atoms with E-state index in [4.69, 9.17) is 14.8 Å². The van der Waals surface area contributed by atoms with E-state index in [0.717, 1.165) is 73.8 Å². The number of anilines is 2. The predicted molar refractivity (Wildman–Crippen MR) is 134 cm³/mol. The lowest BCUT2D eigenvalue weighted by molar-refractivity contribution is 0.119. The molecule has 0 aliphatic carbocycles. The fraction of sp³-hybridized carbons (Fsp3) is 0.400. The zero-order chi connectivity index (χ0) is 24.0. The Morgan fingerprint density at radius 2 is 2.00 bits per heavy atom. The van der Waals surface area contributed by atoms with E-state index in [9.17, 15) is 0 Å². The minimum atomic E-state index is 0.401. The van der Waals surface area contributed by atoms with Crippen LogP contribution in [0.4, 0.5) is 11.6 Å². The molecule has 0 spiro atoms. The summed E-state index contributed by atoms with van der Waals surface area (Å²) in [5.41, 5.74) is 4.44. The van der Waals surface area contributed by atoms with Crippen LogP contribution in [0.2, 0.25) is 0 Å². The molecule has 0 amide bonds. The van der Waals surface area contributed by atoms with E-state index in [0.29, 0.717) is 12.0 Å². The lowest BCUT2D eigenvalue weighted by Gasteiger charge is -2.31. The summed E-state index contributed by atoms with van der Waals surface area (Å²) in [6.07, 6.45) is 13.4. The molecule has 0 aromatic carbocycles. The summed E-state index contributed by atoms with van der Waals surface area (Å²) in [6.45, 7) is 6.73. The molecule has 0 atom stereocenters. The van der Waals surface area contributed by atoms with Gasteiger partial charge in [-0.05, 0) is 38.0 Å². The van der Waals surface area contributed by atoms with Crippen LogP contribution >= 0.6 is 0 Å². The minimum Gasteiger partial charge on any atom is -0.383 e. The first-order valence-electron chi connectivity index (χ1n) is 12.1. The Hall–Kier alpha value is -3.63. The zero-order valence-corrected chi connectivity index (χ0v) is 20.2. The molecule has 0 bridgehead atoms. The van der Waals surface area contributed by atoms with Gasteiger partial charge in [0, 0.05) is 75.4 Å². The molecule has 4 aromatic heterocycles. The van der Waals surface area contributed by atoms with E-state index in [1.807, 2.05) is 47.7 Å². The third-order valence-electron chi connectivity index (χ3n) is 6.35. The van der Waals surface area contributed by atoms with Crippen molar-refractivity contribution in [3.05, 3.63) is 55.4 Å². The molecule has 10 heteroatoms. The van der Waals surface area contributed by atoms with Crippen molar-refractivity contribution < 1.29 is 4.74 Å². The van der Waals surface area contributed by atoms with Crippen molar-refractivity contribution in [2.75, 3.05) is 38.7 Å². The van der Waals surface area contributed by atoms with Gasteiger partial charge in [-0.15, -0.1) is 0 Å². The van der Waals surface area contributed by atoms with E-state index >= 15 is 0 Å². The van der Waals surface area contributed by atoms with Crippen molar-refractivity contribution in [1.82, 2.24) is 39.4 Å². The molecule has 4 aromatic rings. The highest BCUT2D eigenvalue weighted by atomic mass is 16.5. The number of aryl methyl sites for hydroxylation is 1. The van der Waals surface area contributed by atoms with Crippen LogP contribution in [0.1, 0.15) is 25.8 Å². The summed E-state index contributed by atoms with van der Waals surface area (Å²) in [5, 5.41) is 12.7. The number of hydrogen-bond acceptors (Lipinski definition) is 8. The number of piperidine rings is 1. The van der Waals surface area contributed by atoms with Gasteiger partial charge in [-0.2, -0.15) is 10.2 Å². The van der Waals surface area contributed by atoms with Crippen LogP contribution in [0.3, 0.4) is 0 Å². The van der Waals surface area contributed by atoms with E-state index in [1.165, 1.54) is 0 Å². The second-order valence-electron chi connectivity index (χ2n) is 8.65. The van der Waals surface area contributed by atoms with Gasteiger partial charge in [0.2, 0.25) is 5.95 Å². The highest BCUT2D eigenvalue weighted by molar-refractivity contribution is 5.78. The maximum atomic E-state index is 5.20. The van der Waals surface area contributed by atoms with E-state index in [-0.39, 0.29) is 0 Å². The Kier molecular flexibility index (Phi) is 7.10. The molecule has 5 heterocycles. The molecular weight excluding hydrogens is 442 g/mol. The maximum Gasteiger partial charge on any atom is 0.227 e. The first-order chi connectivity index (χ1) is 17.2. The number of likely N-dealkylation sites (tertiary alicyclic amines) is 1. The van der Waals surface area contributed by atoms with Crippen molar-refractivity contribution in [2.24, 2.45) is 0 Å². The zero-order valence-electron chi connectivity index (χ0n) is 20.2. The molecule has 1 aliphatic heterocycles. The summed E-state index contributed by atoms with van der Waals surface area (Å²) < 4.78 is 9.18. The number of aromatic nitrogens is 7. The van der Waals surface area contributed by atoms with Crippen LogP contribution in [-0.4, -0.2) is 72.8 Å². The Balaban J connectivity index is 1.30. The number of hydrogen-bond donors (Lipinski definition) is 1. The van der Waals surface area contributed by atoms with Crippen molar-refractivity contribution in [3.8, 4) is 22.5 Å². The number of pyridine rings is 1. The third-order valence-corrected chi connectivity index (χ3v) is 6.35. The molecule has 1 aliphatic rings. The summed E-state index contributed by atoms with van der Waals surface area (Å²) >= 11 is 0. The first kappa shape index (κ1) is 23.1. The van der Waals surface area contributed by atoms with Crippen LogP contribution in [0.25, 0.3) is 22.5 Å². The molecule has 182 valence electrons. The van der Waals surface area contributed by atoms with Crippen LogP contribution in [0.15, 0.2) is 55.4 Å². The maximum absolute atomic E-state index is 5.20. The summed E-state index contributed by atoms with van der Waals surface area (Å²) in [6, 6.07) is 6.23. The van der Waals surface area contributed by atoms with Gasteiger partial charge in [-0.1, -0.05) is 0 Å². The Morgan fingerprint density at radius 3 is 2.77 bits per heavy atom. The molecule has 10 nitrogen and oxygen atoms in total. The quantitative estimate of drug-likeness (QED) is 0.393. The molecule has 5 rings (SSSR count). The largest absolute Gasteiger partial charge is 0.383 e. The van der Waals surface area contributed by atoms with Crippen molar-refractivity contribution in [1.29, 1.82) is 0 Å². The molecule has 1 N–H and O–H groups in total. The SMILES string of the molecule is CCn1cc(-c2ccnc(Nc3cnn(C4CCN(CCOC)CC4)c3)n2)c(-c2cccnc2)n1. The lowest BCUT2D eigenvalue weighted by atomic mass is 10.1. The molecule has 1 saturated heterocycles. The standard InChI is InChI=1S/C25H31N9O/c1-3-33-18-22(24(31-33)19-5-4-9-26-15-19)23-6-10-27-25(30-23)29-20-16-28-34(17-20)21-7-11-32(12-8-21)13-14-35-2/h4-6,9-10,15-18,21H,3,7-8,11-14H2,1-2H3,(H,27,29,30). The number of nitrogens with one attached hydrogen (secondary N) is 1. The van der Waals surface area contributed by atoms with Gasteiger partial charge in [0.15, 0.2) is 0 Å². The number of nitrogens with zero attached hydrogens (tertiary/aromatic N) is 8. The van der Waals surface area contributed by atoms with Gasteiger partial charge in [-0.3, -0.25) is 14.3 Å². The molecule has 1 fully saturated rings. The molecule has 35 heavy (non-hydrogen) atoms. The molecule has 0 unspecified atom stereocenters. The highest BCUT2D eigenvalue weighted by Crippen LogP contribution is 2.30. The number of ether oxygens (including phenoxy) is 1. The Morgan fingerprint density at radius 1 is 1.11 bits per heavy atom. The summed E-state index contributed by atoms with van der Waals surface area (Å²) in [7, 11) is 1.75. The molecule has 0 saturated carbocycles. The van der Waals surface area contributed by atoms with Crippen LogP contribution in [0, 0.1) is 0 Å². The Bertz CT molecular complexity index is 1230. The van der Waals surface area contributed by atoms with E-state index < -0.39 is 0 Å². The number of methoxy groups -OCH3 is 1. The lowest BCUT2D eigenvalue weighted by Crippen LogP contribution is -2.36. The monoisotopic (exact) mass is 473 g/mol. The van der Waals surface area contributed by atoms with Gasteiger partial charge in [0.1, 0.15) is 5.69 Å². The predicted octanol–water partition coefficient (Wildman–Crippen LogP) is 3.65. The van der Waals surface area contributed by atoms with Gasteiger partial charge in [0.25, 0.3) is 0 Å². The Labute approximate surface area is 205 Å². The van der Waals surface area contributed by atoms with E-state index in [1.54, 1.807) is 19.5 Å². The summed E-state index contributed by atoms with van der Waals surface area (Å²) in [5.74, 6) is 0.526. The van der Waals surface area contributed by atoms with E-state index in [2.05, 4.69) is 36.9 Å². The second kappa shape index (κ2) is 10.7. The number of rotatable bonds is 9. The van der Waals surface area contributed by atoms with Crippen LogP contribution in [0.5, 0.6) is 0 Å². The average molecular weight is 474 g/mol. The highest BCUT2D eigenvalue weighted by Gasteiger charge is 2.21. The third kappa shape index (κ3) is 5.39. The van der Waals surface area contributed by atoms with Gasteiger partial charge in [-0.25, -0.2) is 9.97 Å². The van der Waals surface area contributed by atoms with Crippen LogP contribution in [-0.2, 0) is 11.3 Å². The van der Waals surface area contributed by atoms with Crippen LogP contribution < -0.4 is 5.32 Å². The summed E-state index contributed by atoms with van der Waals surface area (Å²) in [4.78, 5) is 15.9. The van der Waals surface area contributed by atoms with Gasteiger partial charge >= 0.3 is 0 Å². The van der Waals surface area contributed by atoms with Crippen molar-refractivity contribution in [3.63, 3.8) is 0 Å². The van der Waals surface area contributed by atoms with Gasteiger partial charge in [0.05, 0.1) is 30.2 Å². The fourth-order valence-corrected chi connectivity index (χ4v) is 4.42. The normalized spacial score (nSPS) is 14.9.